The number of benzene rings is 2. The molecule has 0 saturated carbocycles. The summed E-state index contributed by atoms with van der Waals surface area (Å²) in [5.74, 6) is 1.11. The smallest absolute Gasteiger partial charge is 0.325 e. The average Bonchev–Trinajstić information content (AvgIpc) is 3.11. The summed E-state index contributed by atoms with van der Waals surface area (Å²) >= 11 is 0. The number of hydrogen-bond acceptors (Lipinski definition) is 4. The Morgan fingerprint density at radius 2 is 1.75 bits per heavy atom. The van der Waals surface area contributed by atoms with Gasteiger partial charge in [0.15, 0.2) is 0 Å². The molecule has 1 fully saturated rings. The summed E-state index contributed by atoms with van der Waals surface area (Å²) in [6.45, 7) is 7.09. The third-order valence-electron chi connectivity index (χ3n) is 6.18. The molecule has 1 aliphatic rings. The zero-order chi connectivity index (χ0) is 22.5. The van der Waals surface area contributed by atoms with E-state index in [0.717, 1.165) is 48.6 Å². The zero-order valence-corrected chi connectivity index (χ0v) is 18.8. The summed E-state index contributed by atoms with van der Waals surface area (Å²) in [4.78, 5) is 27.6. The fourth-order valence-electron chi connectivity index (χ4n) is 4.37. The van der Waals surface area contributed by atoms with Crippen molar-refractivity contribution in [3.05, 3.63) is 82.0 Å². The minimum atomic E-state index is -0.0496. The molecule has 7 heteroatoms. The van der Waals surface area contributed by atoms with Crippen molar-refractivity contribution in [1.82, 2.24) is 19.2 Å². The van der Waals surface area contributed by atoms with Crippen LogP contribution >= 0.6 is 0 Å². The van der Waals surface area contributed by atoms with Gasteiger partial charge in [0.25, 0.3) is 0 Å². The molecule has 1 N–H and O–H groups in total. The van der Waals surface area contributed by atoms with E-state index in [1.54, 1.807) is 9.25 Å². The third kappa shape index (κ3) is 4.99. The molecular weight excluding hydrogens is 402 g/mol. The Bertz CT molecular complexity index is 1110. The summed E-state index contributed by atoms with van der Waals surface area (Å²) in [5.41, 5.74) is 2.94. The van der Waals surface area contributed by atoms with E-state index in [1.807, 2.05) is 68.4 Å². The van der Waals surface area contributed by atoms with Crippen molar-refractivity contribution in [2.45, 2.75) is 45.7 Å². The SMILES string of the molecule is CCn1c(C2CCN(CC(=O)Nc3ccccc3C)CC2)nn(Cc2ccccc2)c1=O. The molecule has 0 spiro atoms. The van der Waals surface area contributed by atoms with Crippen molar-refractivity contribution in [3.8, 4) is 0 Å². The van der Waals surface area contributed by atoms with Gasteiger partial charge in [0, 0.05) is 18.2 Å². The molecule has 1 saturated heterocycles. The predicted octanol–water partition coefficient (Wildman–Crippen LogP) is 3.24. The number of likely N-dealkylation sites (tertiary alicyclic amines) is 1. The Balaban J connectivity index is 1.37. The van der Waals surface area contributed by atoms with Gasteiger partial charge in [0.2, 0.25) is 5.91 Å². The Morgan fingerprint density at radius 3 is 2.44 bits per heavy atom. The van der Waals surface area contributed by atoms with Crippen LogP contribution in [-0.2, 0) is 17.9 Å². The highest BCUT2D eigenvalue weighted by molar-refractivity contribution is 5.92. The van der Waals surface area contributed by atoms with Crippen LogP contribution in [0.3, 0.4) is 0 Å². The third-order valence-corrected chi connectivity index (χ3v) is 6.18. The molecule has 168 valence electrons. The van der Waals surface area contributed by atoms with Gasteiger partial charge in [-0.3, -0.25) is 14.3 Å². The Labute approximate surface area is 188 Å². The van der Waals surface area contributed by atoms with E-state index >= 15 is 0 Å². The van der Waals surface area contributed by atoms with Gasteiger partial charge < -0.3 is 5.32 Å². The van der Waals surface area contributed by atoms with Crippen molar-refractivity contribution in [3.63, 3.8) is 0 Å². The van der Waals surface area contributed by atoms with Crippen molar-refractivity contribution < 1.29 is 4.79 Å². The number of nitrogens with one attached hydrogen (secondary N) is 1. The minimum Gasteiger partial charge on any atom is -0.325 e. The maximum absolute atomic E-state index is 12.9. The van der Waals surface area contributed by atoms with Crippen molar-refractivity contribution >= 4 is 11.6 Å². The van der Waals surface area contributed by atoms with Crippen LogP contribution in [0.2, 0.25) is 0 Å². The number of nitrogens with zero attached hydrogens (tertiary/aromatic N) is 4. The monoisotopic (exact) mass is 433 g/mol. The van der Waals surface area contributed by atoms with Crippen LogP contribution < -0.4 is 11.0 Å². The quantitative estimate of drug-likeness (QED) is 0.621. The van der Waals surface area contributed by atoms with Gasteiger partial charge in [-0.2, -0.15) is 5.10 Å². The number of carbonyl (C=O) groups is 1. The lowest BCUT2D eigenvalue weighted by molar-refractivity contribution is -0.117. The number of piperidine rings is 1. The van der Waals surface area contributed by atoms with Crippen LogP contribution in [0.15, 0.2) is 59.4 Å². The highest BCUT2D eigenvalue weighted by Gasteiger charge is 2.27. The molecule has 2 aromatic carbocycles. The van der Waals surface area contributed by atoms with Crippen molar-refractivity contribution in [1.29, 1.82) is 0 Å². The second-order valence-electron chi connectivity index (χ2n) is 8.44. The van der Waals surface area contributed by atoms with E-state index in [2.05, 4.69) is 10.2 Å². The second kappa shape index (κ2) is 9.96. The van der Waals surface area contributed by atoms with Crippen LogP contribution in [0.25, 0.3) is 0 Å². The predicted molar refractivity (Wildman–Crippen MR) is 126 cm³/mol. The molecule has 7 nitrogen and oxygen atoms in total. The van der Waals surface area contributed by atoms with Gasteiger partial charge in [-0.15, -0.1) is 0 Å². The molecule has 0 aliphatic carbocycles. The molecule has 1 aliphatic heterocycles. The van der Waals surface area contributed by atoms with Crippen molar-refractivity contribution in [2.24, 2.45) is 0 Å². The summed E-state index contributed by atoms with van der Waals surface area (Å²) in [6, 6.07) is 17.8. The summed E-state index contributed by atoms with van der Waals surface area (Å²) in [7, 11) is 0. The van der Waals surface area contributed by atoms with Crippen LogP contribution in [0.1, 0.15) is 42.6 Å². The summed E-state index contributed by atoms with van der Waals surface area (Å²) in [5, 5.41) is 7.73. The van der Waals surface area contributed by atoms with Gasteiger partial charge in [-0.05, 0) is 57.0 Å². The van der Waals surface area contributed by atoms with Gasteiger partial charge in [-0.25, -0.2) is 9.48 Å². The number of rotatable bonds is 7. The largest absolute Gasteiger partial charge is 0.346 e. The molecule has 0 radical (unpaired) electrons. The van der Waals surface area contributed by atoms with Gasteiger partial charge in [-0.1, -0.05) is 48.5 Å². The van der Waals surface area contributed by atoms with E-state index in [9.17, 15) is 9.59 Å². The van der Waals surface area contributed by atoms with E-state index in [4.69, 9.17) is 5.10 Å². The lowest BCUT2D eigenvalue weighted by Crippen LogP contribution is -2.39. The number of aryl methyl sites for hydroxylation is 1. The first-order valence-corrected chi connectivity index (χ1v) is 11.3. The normalized spacial score (nSPS) is 15.1. The van der Waals surface area contributed by atoms with Gasteiger partial charge >= 0.3 is 5.69 Å². The number of para-hydroxylation sites is 1. The lowest BCUT2D eigenvalue weighted by atomic mass is 9.96. The molecule has 1 amide bonds. The first-order valence-electron chi connectivity index (χ1n) is 11.3. The summed E-state index contributed by atoms with van der Waals surface area (Å²) in [6.07, 6.45) is 1.78. The minimum absolute atomic E-state index is 0.00959. The number of carbonyl (C=O) groups excluding carboxylic acids is 1. The fraction of sp³-hybridized carbons (Fsp3) is 0.400. The Hall–Kier alpha value is -3.19. The molecule has 4 rings (SSSR count). The van der Waals surface area contributed by atoms with E-state index < -0.39 is 0 Å². The molecule has 3 aromatic rings. The number of amides is 1. The van der Waals surface area contributed by atoms with Gasteiger partial charge in [0.1, 0.15) is 5.82 Å². The first kappa shape index (κ1) is 22.0. The molecule has 1 aromatic heterocycles. The zero-order valence-electron chi connectivity index (χ0n) is 18.8. The van der Waals surface area contributed by atoms with Crippen molar-refractivity contribution in [2.75, 3.05) is 25.0 Å². The molecule has 0 bridgehead atoms. The first-order chi connectivity index (χ1) is 15.5. The standard InChI is InChI=1S/C25H31N5O2/c1-3-29-24(27-30(25(29)32)17-20-10-5-4-6-11-20)21-13-15-28(16-14-21)18-23(31)26-22-12-8-7-9-19(22)2/h4-12,21H,3,13-18H2,1-2H3,(H,26,31). The molecule has 32 heavy (non-hydrogen) atoms. The van der Waals surface area contributed by atoms with E-state index in [0.29, 0.717) is 19.6 Å². The Kier molecular flexibility index (Phi) is 6.85. The lowest BCUT2D eigenvalue weighted by Gasteiger charge is -2.31. The molecule has 0 unspecified atom stereocenters. The summed E-state index contributed by atoms with van der Waals surface area (Å²) < 4.78 is 3.38. The second-order valence-corrected chi connectivity index (χ2v) is 8.44. The number of hydrogen-bond donors (Lipinski definition) is 1. The number of aromatic nitrogens is 3. The van der Waals surface area contributed by atoms with Crippen LogP contribution in [0, 0.1) is 6.92 Å². The topological polar surface area (TPSA) is 72.2 Å². The fourth-order valence-corrected chi connectivity index (χ4v) is 4.37. The number of anilines is 1. The molecular formula is C25H31N5O2. The Morgan fingerprint density at radius 1 is 1.06 bits per heavy atom. The molecule has 0 atom stereocenters. The van der Waals surface area contributed by atoms with E-state index in [-0.39, 0.29) is 17.5 Å². The van der Waals surface area contributed by atoms with Crippen LogP contribution in [-0.4, -0.2) is 44.8 Å². The molecule has 2 heterocycles. The van der Waals surface area contributed by atoms with Gasteiger partial charge in [0.05, 0.1) is 13.1 Å². The highest BCUT2D eigenvalue weighted by atomic mass is 16.2. The maximum Gasteiger partial charge on any atom is 0.346 e. The van der Waals surface area contributed by atoms with Crippen LogP contribution in [0.4, 0.5) is 5.69 Å². The van der Waals surface area contributed by atoms with Crippen LogP contribution in [0.5, 0.6) is 0 Å². The average molecular weight is 434 g/mol. The maximum atomic E-state index is 12.9. The van der Waals surface area contributed by atoms with E-state index in [1.165, 1.54) is 0 Å². The highest BCUT2D eigenvalue weighted by Crippen LogP contribution is 2.26.